The van der Waals surface area contributed by atoms with Crippen molar-refractivity contribution in [1.82, 2.24) is 4.90 Å². The van der Waals surface area contributed by atoms with Crippen molar-refractivity contribution < 1.29 is 23.5 Å². The zero-order chi connectivity index (χ0) is 14.7. The van der Waals surface area contributed by atoms with Crippen LogP contribution in [-0.4, -0.2) is 35.0 Å². The SMILES string of the molecule is O=C(O)CC1CCCN(C(=O)c2cccc(F)c2F)C1. The van der Waals surface area contributed by atoms with E-state index in [0.717, 1.165) is 12.5 Å². The lowest BCUT2D eigenvalue weighted by atomic mass is 9.94. The number of benzene rings is 1. The van der Waals surface area contributed by atoms with E-state index >= 15 is 0 Å². The van der Waals surface area contributed by atoms with Gasteiger partial charge in [0, 0.05) is 19.5 Å². The molecule has 1 aromatic rings. The Morgan fingerprint density at radius 3 is 2.80 bits per heavy atom. The molecule has 0 aliphatic carbocycles. The second-order valence-electron chi connectivity index (χ2n) is 4.96. The van der Waals surface area contributed by atoms with Gasteiger partial charge in [0.05, 0.1) is 5.56 Å². The number of piperidine rings is 1. The average molecular weight is 283 g/mol. The molecule has 4 nitrogen and oxygen atoms in total. The second-order valence-corrected chi connectivity index (χ2v) is 4.96. The Labute approximate surface area is 115 Å². The molecular weight excluding hydrogens is 268 g/mol. The van der Waals surface area contributed by atoms with Gasteiger partial charge in [-0.2, -0.15) is 0 Å². The lowest BCUT2D eigenvalue weighted by Crippen LogP contribution is -2.40. The molecule has 1 heterocycles. The summed E-state index contributed by atoms with van der Waals surface area (Å²) >= 11 is 0. The standard InChI is InChI=1S/C14H15F2NO3/c15-11-5-1-4-10(13(11)16)14(20)17-6-2-3-9(8-17)7-12(18)19/h1,4-5,9H,2-3,6-8H2,(H,18,19). The molecule has 1 aliphatic rings. The van der Waals surface area contributed by atoms with Crippen LogP contribution in [0.1, 0.15) is 29.6 Å². The average Bonchev–Trinajstić information content (AvgIpc) is 2.41. The minimum atomic E-state index is -1.15. The van der Waals surface area contributed by atoms with Crippen LogP contribution in [0, 0.1) is 17.6 Å². The normalized spacial score (nSPS) is 18.9. The number of halogens is 2. The van der Waals surface area contributed by atoms with Gasteiger partial charge in [-0.1, -0.05) is 6.07 Å². The highest BCUT2D eigenvalue weighted by Gasteiger charge is 2.27. The molecule has 1 fully saturated rings. The maximum atomic E-state index is 13.6. The molecule has 1 atom stereocenters. The van der Waals surface area contributed by atoms with E-state index in [9.17, 15) is 18.4 Å². The Kier molecular flexibility index (Phi) is 4.32. The van der Waals surface area contributed by atoms with Gasteiger partial charge < -0.3 is 10.0 Å². The first-order valence-electron chi connectivity index (χ1n) is 6.44. The van der Waals surface area contributed by atoms with E-state index in [2.05, 4.69) is 0 Å². The number of aliphatic carboxylic acids is 1. The number of rotatable bonds is 3. The van der Waals surface area contributed by atoms with Crippen LogP contribution in [0.5, 0.6) is 0 Å². The number of nitrogens with zero attached hydrogens (tertiary/aromatic N) is 1. The van der Waals surface area contributed by atoms with Crippen molar-refractivity contribution in [2.45, 2.75) is 19.3 Å². The number of carbonyl (C=O) groups excluding carboxylic acids is 1. The van der Waals surface area contributed by atoms with Crippen molar-refractivity contribution >= 4 is 11.9 Å². The van der Waals surface area contributed by atoms with Gasteiger partial charge in [-0.05, 0) is 30.9 Å². The summed E-state index contributed by atoms with van der Waals surface area (Å²) in [6.07, 6.45) is 1.37. The van der Waals surface area contributed by atoms with Gasteiger partial charge in [0.25, 0.3) is 5.91 Å². The van der Waals surface area contributed by atoms with Gasteiger partial charge in [-0.15, -0.1) is 0 Å². The molecule has 0 saturated carbocycles. The number of amides is 1. The van der Waals surface area contributed by atoms with Gasteiger partial charge in [0.2, 0.25) is 0 Å². The molecule has 0 aromatic heterocycles. The first-order valence-corrected chi connectivity index (χ1v) is 6.44. The van der Waals surface area contributed by atoms with Crippen LogP contribution in [0.3, 0.4) is 0 Å². The third-order valence-electron chi connectivity index (χ3n) is 3.45. The van der Waals surface area contributed by atoms with E-state index in [-0.39, 0.29) is 24.4 Å². The molecule has 2 rings (SSSR count). The molecule has 0 spiro atoms. The van der Waals surface area contributed by atoms with Crippen LogP contribution in [0.2, 0.25) is 0 Å². The van der Waals surface area contributed by atoms with Crippen molar-refractivity contribution in [1.29, 1.82) is 0 Å². The van der Waals surface area contributed by atoms with Gasteiger partial charge in [0.15, 0.2) is 11.6 Å². The topological polar surface area (TPSA) is 57.6 Å². The van der Waals surface area contributed by atoms with E-state index in [0.29, 0.717) is 13.0 Å². The van der Waals surface area contributed by atoms with Crippen molar-refractivity contribution in [2.24, 2.45) is 5.92 Å². The summed E-state index contributed by atoms with van der Waals surface area (Å²) in [5.41, 5.74) is -0.305. The molecule has 108 valence electrons. The summed E-state index contributed by atoms with van der Waals surface area (Å²) in [5, 5.41) is 8.78. The lowest BCUT2D eigenvalue weighted by Gasteiger charge is -2.32. The van der Waals surface area contributed by atoms with E-state index in [4.69, 9.17) is 5.11 Å². The highest BCUT2D eigenvalue weighted by molar-refractivity contribution is 5.94. The molecule has 0 radical (unpaired) electrons. The third-order valence-corrected chi connectivity index (χ3v) is 3.45. The molecule has 6 heteroatoms. The molecule has 1 aliphatic heterocycles. The molecule has 1 aromatic carbocycles. The smallest absolute Gasteiger partial charge is 0.303 e. The zero-order valence-corrected chi connectivity index (χ0v) is 10.8. The quantitative estimate of drug-likeness (QED) is 0.926. The van der Waals surface area contributed by atoms with Crippen molar-refractivity contribution in [3.05, 3.63) is 35.4 Å². The first kappa shape index (κ1) is 14.4. The highest BCUT2D eigenvalue weighted by atomic mass is 19.2. The second kappa shape index (κ2) is 5.98. The zero-order valence-electron chi connectivity index (χ0n) is 10.8. The molecule has 1 saturated heterocycles. The number of likely N-dealkylation sites (tertiary alicyclic amines) is 1. The Balaban J connectivity index is 2.12. The van der Waals surface area contributed by atoms with Crippen LogP contribution < -0.4 is 0 Å². The third kappa shape index (κ3) is 3.12. The van der Waals surface area contributed by atoms with Gasteiger partial charge in [-0.3, -0.25) is 9.59 Å². The minimum Gasteiger partial charge on any atom is -0.481 e. The summed E-state index contributed by atoms with van der Waals surface area (Å²) in [6, 6.07) is 3.47. The monoisotopic (exact) mass is 283 g/mol. The number of hydrogen-bond acceptors (Lipinski definition) is 2. The summed E-state index contributed by atoms with van der Waals surface area (Å²) in [7, 11) is 0. The Hall–Kier alpha value is -1.98. The van der Waals surface area contributed by atoms with E-state index < -0.39 is 23.5 Å². The van der Waals surface area contributed by atoms with Crippen LogP contribution >= 0.6 is 0 Å². The van der Waals surface area contributed by atoms with Crippen molar-refractivity contribution in [3.63, 3.8) is 0 Å². The molecule has 1 amide bonds. The molecule has 1 N–H and O–H groups in total. The predicted octanol–water partition coefficient (Wildman–Crippen LogP) is 2.29. The number of hydrogen-bond donors (Lipinski definition) is 1. The number of carboxylic acid groups (broad SMARTS) is 1. The molecule has 0 bridgehead atoms. The summed E-state index contributed by atoms with van der Waals surface area (Å²) < 4.78 is 26.7. The Morgan fingerprint density at radius 2 is 2.10 bits per heavy atom. The van der Waals surface area contributed by atoms with E-state index in [1.54, 1.807) is 0 Å². The van der Waals surface area contributed by atoms with Gasteiger partial charge in [0.1, 0.15) is 0 Å². The molecule has 20 heavy (non-hydrogen) atoms. The maximum Gasteiger partial charge on any atom is 0.303 e. The number of carbonyl (C=O) groups is 2. The first-order chi connectivity index (χ1) is 9.49. The van der Waals surface area contributed by atoms with Gasteiger partial charge >= 0.3 is 5.97 Å². The largest absolute Gasteiger partial charge is 0.481 e. The number of carboxylic acids is 1. The lowest BCUT2D eigenvalue weighted by molar-refractivity contribution is -0.138. The van der Waals surface area contributed by atoms with Crippen LogP contribution in [0.4, 0.5) is 8.78 Å². The fourth-order valence-corrected chi connectivity index (χ4v) is 2.50. The summed E-state index contributed by atoms with van der Waals surface area (Å²) in [4.78, 5) is 24.3. The van der Waals surface area contributed by atoms with Crippen LogP contribution in [0.15, 0.2) is 18.2 Å². The van der Waals surface area contributed by atoms with Crippen LogP contribution in [0.25, 0.3) is 0 Å². The highest BCUT2D eigenvalue weighted by Crippen LogP contribution is 2.22. The minimum absolute atomic E-state index is 0.0184. The summed E-state index contributed by atoms with van der Waals surface area (Å²) in [6.45, 7) is 0.700. The van der Waals surface area contributed by atoms with Crippen molar-refractivity contribution in [2.75, 3.05) is 13.1 Å². The predicted molar refractivity (Wildman–Crippen MR) is 67.2 cm³/mol. The fraction of sp³-hybridized carbons (Fsp3) is 0.429. The molecular formula is C14H15F2NO3. The fourth-order valence-electron chi connectivity index (χ4n) is 2.50. The summed E-state index contributed by atoms with van der Waals surface area (Å²) in [5.74, 6) is -3.85. The Bertz CT molecular complexity index is 533. The van der Waals surface area contributed by atoms with Gasteiger partial charge in [-0.25, -0.2) is 8.78 Å². The van der Waals surface area contributed by atoms with Crippen molar-refractivity contribution in [3.8, 4) is 0 Å². The van der Waals surface area contributed by atoms with Crippen LogP contribution in [-0.2, 0) is 4.79 Å². The maximum absolute atomic E-state index is 13.6. The van der Waals surface area contributed by atoms with E-state index in [1.165, 1.54) is 17.0 Å². The van der Waals surface area contributed by atoms with E-state index in [1.807, 2.05) is 0 Å². The molecule has 1 unspecified atom stereocenters. The Morgan fingerprint density at radius 1 is 1.35 bits per heavy atom.